The summed E-state index contributed by atoms with van der Waals surface area (Å²) in [5.74, 6) is -0.0479. The van der Waals surface area contributed by atoms with Crippen molar-refractivity contribution in [3.63, 3.8) is 0 Å². The average Bonchev–Trinajstić information content (AvgIpc) is 2.56. The molecule has 0 bridgehead atoms. The molecule has 2 rings (SSSR count). The smallest absolute Gasteiger partial charge is 0.347 e. The molecule has 0 aromatic carbocycles. The standard InChI is InChI=1S/C16H16O3/c1-4-11(3)15(17)13-9-12-8-10(2)6-5-7-14(12)19-16(13)18/h4-10H,1-3H3. The lowest BCUT2D eigenvalue weighted by Crippen LogP contribution is -2.32. The molecule has 0 fully saturated rings. The van der Waals surface area contributed by atoms with Crippen molar-refractivity contribution in [3.05, 3.63) is 56.5 Å². The molecule has 0 N–H and O–H groups in total. The van der Waals surface area contributed by atoms with Crippen LogP contribution in [0.4, 0.5) is 0 Å². The van der Waals surface area contributed by atoms with E-state index in [4.69, 9.17) is 4.42 Å². The van der Waals surface area contributed by atoms with E-state index >= 15 is 0 Å². The number of ketones is 1. The van der Waals surface area contributed by atoms with Gasteiger partial charge in [-0.3, -0.25) is 4.79 Å². The second-order valence-electron chi connectivity index (χ2n) is 4.65. The van der Waals surface area contributed by atoms with Crippen LogP contribution in [0.5, 0.6) is 0 Å². The van der Waals surface area contributed by atoms with Crippen LogP contribution in [-0.2, 0) is 0 Å². The van der Waals surface area contributed by atoms with E-state index in [1.54, 1.807) is 32.1 Å². The van der Waals surface area contributed by atoms with Gasteiger partial charge in [0.25, 0.3) is 0 Å². The van der Waals surface area contributed by atoms with Gasteiger partial charge in [0.15, 0.2) is 5.78 Å². The van der Waals surface area contributed by atoms with Crippen LogP contribution < -0.4 is 16.3 Å². The lowest BCUT2D eigenvalue weighted by molar-refractivity contribution is 0.103. The molecule has 0 radical (unpaired) electrons. The minimum Gasteiger partial charge on any atom is -0.422 e. The number of rotatable bonds is 2. The summed E-state index contributed by atoms with van der Waals surface area (Å²) in [5, 5.41) is 0.782. The van der Waals surface area contributed by atoms with Gasteiger partial charge in [0, 0.05) is 5.22 Å². The quantitative estimate of drug-likeness (QED) is 0.596. The summed E-state index contributed by atoms with van der Waals surface area (Å²) in [6, 6.07) is 1.62. The van der Waals surface area contributed by atoms with Gasteiger partial charge in [0.05, 0.1) is 0 Å². The summed E-state index contributed by atoms with van der Waals surface area (Å²) in [6.07, 6.45) is 9.26. The summed E-state index contributed by atoms with van der Waals surface area (Å²) in [5.41, 5.74) is 0.543. The zero-order valence-corrected chi connectivity index (χ0v) is 11.3. The molecule has 1 atom stereocenters. The highest BCUT2D eigenvalue weighted by atomic mass is 16.4. The molecule has 1 aromatic rings. The first-order chi connectivity index (χ1) is 9.02. The van der Waals surface area contributed by atoms with Gasteiger partial charge in [0.1, 0.15) is 11.0 Å². The number of carbonyl (C=O) groups is 1. The van der Waals surface area contributed by atoms with Crippen LogP contribution in [0.25, 0.3) is 12.2 Å². The van der Waals surface area contributed by atoms with E-state index in [0.29, 0.717) is 11.0 Å². The molecule has 3 heteroatoms. The van der Waals surface area contributed by atoms with Gasteiger partial charge in [-0.15, -0.1) is 0 Å². The number of fused-ring (bicyclic) bond motifs is 1. The first-order valence-electron chi connectivity index (χ1n) is 6.25. The Kier molecular flexibility index (Phi) is 3.65. The predicted molar refractivity (Wildman–Crippen MR) is 75.2 cm³/mol. The molecule has 1 heterocycles. The minimum atomic E-state index is -0.586. The molecule has 3 nitrogen and oxygen atoms in total. The van der Waals surface area contributed by atoms with E-state index < -0.39 is 5.63 Å². The van der Waals surface area contributed by atoms with Gasteiger partial charge >= 0.3 is 5.63 Å². The Morgan fingerprint density at radius 1 is 1.42 bits per heavy atom. The van der Waals surface area contributed by atoms with Crippen LogP contribution in [0.2, 0.25) is 0 Å². The first kappa shape index (κ1) is 13.3. The van der Waals surface area contributed by atoms with Gasteiger partial charge < -0.3 is 4.42 Å². The van der Waals surface area contributed by atoms with Crippen molar-refractivity contribution in [3.8, 4) is 0 Å². The molecule has 0 saturated carbocycles. The summed E-state index contributed by atoms with van der Waals surface area (Å²) in [6.45, 7) is 5.49. The van der Waals surface area contributed by atoms with Crippen LogP contribution in [0.1, 0.15) is 31.1 Å². The van der Waals surface area contributed by atoms with Crippen LogP contribution in [-0.4, -0.2) is 5.78 Å². The SMILES string of the molecule is CC=C(C)C(=O)c1cc2c(oc1=O)=CC=CC(C)C=2. The normalized spacial score (nSPS) is 18.1. The minimum absolute atomic E-state index is 0.0908. The Labute approximate surface area is 111 Å². The Bertz CT molecular complexity index is 745. The third-order valence-corrected chi connectivity index (χ3v) is 3.15. The molecule has 0 aliphatic heterocycles. The molecule has 98 valence electrons. The maximum atomic E-state index is 12.1. The lowest BCUT2D eigenvalue weighted by Gasteiger charge is -2.00. The molecule has 0 amide bonds. The molecule has 0 spiro atoms. The zero-order valence-electron chi connectivity index (χ0n) is 11.3. The predicted octanol–water partition coefficient (Wildman–Crippen LogP) is 1.56. The van der Waals surface area contributed by atoms with E-state index in [0.717, 1.165) is 5.22 Å². The van der Waals surface area contributed by atoms with Gasteiger partial charge in [0.2, 0.25) is 0 Å². The van der Waals surface area contributed by atoms with Crippen LogP contribution in [0.3, 0.4) is 0 Å². The summed E-state index contributed by atoms with van der Waals surface area (Å²) in [7, 11) is 0. The second kappa shape index (κ2) is 5.22. The molecule has 1 unspecified atom stereocenters. The van der Waals surface area contributed by atoms with E-state index in [1.165, 1.54) is 0 Å². The van der Waals surface area contributed by atoms with Crippen molar-refractivity contribution in [1.29, 1.82) is 0 Å². The van der Waals surface area contributed by atoms with Gasteiger partial charge in [-0.1, -0.05) is 31.2 Å². The van der Waals surface area contributed by atoms with E-state index in [9.17, 15) is 9.59 Å². The largest absolute Gasteiger partial charge is 0.422 e. The maximum Gasteiger partial charge on any atom is 0.347 e. The fourth-order valence-corrected chi connectivity index (χ4v) is 1.92. The highest BCUT2D eigenvalue weighted by molar-refractivity contribution is 6.07. The van der Waals surface area contributed by atoms with Gasteiger partial charge in [-0.05, 0) is 37.5 Å². The van der Waals surface area contributed by atoms with Crippen molar-refractivity contribution in [2.75, 3.05) is 0 Å². The highest BCUT2D eigenvalue weighted by Crippen LogP contribution is 2.03. The Hall–Kier alpha value is -2.16. The number of hydrogen-bond acceptors (Lipinski definition) is 3. The van der Waals surface area contributed by atoms with Crippen molar-refractivity contribution in [1.82, 2.24) is 0 Å². The van der Waals surface area contributed by atoms with Crippen molar-refractivity contribution < 1.29 is 9.21 Å². The second-order valence-corrected chi connectivity index (χ2v) is 4.65. The van der Waals surface area contributed by atoms with Crippen molar-refractivity contribution >= 4 is 17.9 Å². The van der Waals surface area contributed by atoms with E-state index in [-0.39, 0.29) is 17.3 Å². The fraction of sp³-hybridized carbons (Fsp3) is 0.250. The summed E-state index contributed by atoms with van der Waals surface area (Å²) < 4.78 is 5.23. The van der Waals surface area contributed by atoms with E-state index in [1.807, 2.05) is 25.2 Å². The number of Topliss-reactive ketones (excluding diaryl/α,β-unsaturated/α-hetero) is 1. The molecule has 19 heavy (non-hydrogen) atoms. The molecule has 0 saturated heterocycles. The van der Waals surface area contributed by atoms with Gasteiger partial charge in [-0.25, -0.2) is 4.79 Å². The fourth-order valence-electron chi connectivity index (χ4n) is 1.92. The molecular weight excluding hydrogens is 240 g/mol. The number of hydrogen-bond donors (Lipinski definition) is 0. The lowest BCUT2D eigenvalue weighted by atomic mass is 10.1. The Morgan fingerprint density at radius 3 is 2.84 bits per heavy atom. The average molecular weight is 256 g/mol. The topological polar surface area (TPSA) is 47.3 Å². The zero-order chi connectivity index (χ0) is 14.0. The van der Waals surface area contributed by atoms with Gasteiger partial charge in [-0.2, -0.15) is 0 Å². The third kappa shape index (κ3) is 2.65. The molecule has 1 aliphatic rings. The number of allylic oxidation sites excluding steroid dienone is 4. The Morgan fingerprint density at radius 2 is 2.16 bits per heavy atom. The maximum absolute atomic E-state index is 12.1. The molecule has 1 aromatic heterocycles. The van der Waals surface area contributed by atoms with Crippen LogP contribution >= 0.6 is 0 Å². The summed E-state index contributed by atoms with van der Waals surface area (Å²) >= 11 is 0. The van der Waals surface area contributed by atoms with Crippen molar-refractivity contribution in [2.24, 2.45) is 5.92 Å². The monoisotopic (exact) mass is 256 g/mol. The first-order valence-corrected chi connectivity index (χ1v) is 6.25. The molecular formula is C16H16O3. The van der Waals surface area contributed by atoms with Crippen LogP contribution in [0, 0.1) is 5.92 Å². The van der Waals surface area contributed by atoms with Crippen molar-refractivity contribution in [2.45, 2.75) is 20.8 Å². The Balaban J connectivity index is 2.71. The molecule has 1 aliphatic carbocycles. The third-order valence-electron chi connectivity index (χ3n) is 3.15. The van der Waals surface area contributed by atoms with Crippen LogP contribution in [0.15, 0.2) is 39.1 Å². The number of carbonyl (C=O) groups excluding carboxylic acids is 1. The van der Waals surface area contributed by atoms with E-state index in [2.05, 4.69) is 0 Å². The summed E-state index contributed by atoms with van der Waals surface area (Å²) in [4.78, 5) is 24.0. The highest BCUT2D eigenvalue weighted by Gasteiger charge is 2.14.